The van der Waals surface area contributed by atoms with Crippen LogP contribution in [0.5, 0.6) is 0 Å². The third kappa shape index (κ3) is 2.82. The van der Waals surface area contributed by atoms with E-state index in [4.69, 9.17) is 4.42 Å². The highest BCUT2D eigenvalue weighted by Gasteiger charge is 2.35. The van der Waals surface area contributed by atoms with E-state index in [-0.39, 0.29) is 17.9 Å². The average molecular weight is 393 g/mol. The number of para-hydroxylation sites is 1. The Hall–Kier alpha value is -3.16. The lowest BCUT2D eigenvalue weighted by Crippen LogP contribution is -2.39. The molecular formula is C21H23N5O3. The van der Waals surface area contributed by atoms with Crippen LogP contribution in [-0.2, 0) is 17.9 Å². The van der Waals surface area contributed by atoms with Gasteiger partial charge in [0.1, 0.15) is 5.58 Å². The fraction of sp³-hybridized carbons (Fsp3) is 0.429. The van der Waals surface area contributed by atoms with E-state index in [0.29, 0.717) is 25.4 Å². The highest BCUT2D eigenvalue weighted by molar-refractivity contribution is 5.98. The van der Waals surface area contributed by atoms with Gasteiger partial charge in [0.05, 0.1) is 12.6 Å². The van der Waals surface area contributed by atoms with Crippen LogP contribution in [0.2, 0.25) is 0 Å². The number of carbonyl (C=O) groups is 2. The van der Waals surface area contributed by atoms with E-state index in [9.17, 15) is 9.59 Å². The molecule has 1 aromatic carbocycles. The highest BCUT2D eigenvalue weighted by atomic mass is 16.3. The molecule has 1 fully saturated rings. The first-order valence-corrected chi connectivity index (χ1v) is 10.0. The fourth-order valence-electron chi connectivity index (χ4n) is 4.53. The number of likely N-dealkylation sites (tertiary alicyclic amines) is 1. The summed E-state index contributed by atoms with van der Waals surface area (Å²) in [5, 5.41) is 9.69. The van der Waals surface area contributed by atoms with Crippen molar-refractivity contribution in [3.05, 3.63) is 47.2 Å². The number of hydrogen-bond acceptors (Lipinski definition) is 5. The molecule has 29 heavy (non-hydrogen) atoms. The molecule has 2 amide bonds. The highest BCUT2D eigenvalue weighted by Crippen LogP contribution is 2.32. The summed E-state index contributed by atoms with van der Waals surface area (Å²) in [4.78, 5) is 28.7. The molecule has 0 aliphatic carbocycles. The molecule has 3 aromatic rings. The normalized spacial score (nSPS) is 19.0. The van der Waals surface area contributed by atoms with Crippen LogP contribution in [0.4, 0.5) is 0 Å². The number of benzene rings is 1. The second kappa shape index (κ2) is 6.72. The minimum atomic E-state index is -0.124. The third-order valence-electron chi connectivity index (χ3n) is 6.06. The molecule has 0 spiro atoms. The van der Waals surface area contributed by atoms with Crippen LogP contribution in [0.25, 0.3) is 11.0 Å². The van der Waals surface area contributed by atoms with Crippen molar-refractivity contribution >= 4 is 22.8 Å². The molecule has 1 atom stereocenters. The number of nitrogens with zero attached hydrogens (tertiary/aromatic N) is 5. The van der Waals surface area contributed by atoms with Crippen LogP contribution in [0, 0.1) is 6.92 Å². The van der Waals surface area contributed by atoms with E-state index in [1.807, 2.05) is 36.1 Å². The summed E-state index contributed by atoms with van der Waals surface area (Å²) in [6, 6.07) is 7.66. The van der Waals surface area contributed by atoms with E-state index < -0.39 is 0 Å². The zero-order valence-electron chi connectivity index (χ0n) is 16.6. The van der Waals surface area contributed by atoms with Crippen molar-refractivity contribution in [2.75, 3.05) is 13.1 Å². The fourth-order valence-corrected chi connectivity index (χ4v) is 4.53. The number of fused-ring (bicyclic) bond motifs is 2. The molecule has 4 heterocycles. The molecule has 2 aliphatic heterocycles. The maximum absolute atomic E-state index is 13.1. The minimum absolute atomic E-state index is 0.0198. The number of aromatic nitrogens is 3. The van der Waals surface area contributed by atoms with Crippen molar-refractivity contribution in [2.24, 2.45) is 0 Å². The number of aryl methyl sites for hydroxylation is 1. The predicted octanol–water partition coefficient (Wildman–Crippen LogP) is 2.67. The lowest BCUT2D eigenvalue weighted by atomic mass is 10.1. The maximum Gasteiger partial charge on any atom is 0.290 e. The van der Waals surface area contributed by atoms with Crippen LogP contribution in [-0.4, -0.2) is 49.5 Å². The zero-order valence-corrected chi connectivity index (χ0v) is 16.6. The van der Waals surface area contributed by atoms with Gasteiger partial charge in [-0.1, -0.05) is 18.2 Å². The van der Waals surface area contributed by atoms with Crippen molar-refractivity contribution in [3.63, 3.8) is 0 Å². The Balaban J connectivity index is 1.40. The summed E-state index contributed by atoms with van der Waals surface area (Å²) in [6.45, 7) is 5.83. The molecular weight excluding hydrogens is 370 g/mol. The van der Waals surface area contributed by atoms with Gasteiger partial charge in [0.25, 0.3) is 5.91 Å². The predicted molar refractivity (Wildman–Crippen MR) is 105 cm³/mol. The van der Waals surface area contributed by atoms with Gasteiger partial charge in [0.15, 0.2) is 17.4 Å². The van der Waals surface area contributed by atoms with Crippen molar-refractivity contribution in [1.82, 2.24) is 24.6 Å². The summed E-state index contributed by atoms with van der Waals surface area (Å²) in [6.07, 6.45) is 1.88. The summed E-state index contributed by atoms with van der Waals surface area (Å²) in [5.74, 6) is 1.92. The Bertz CT molecular complexity index is 1110. The lowest BCUT2D eigenvalue weighted by molar-refractivity contribution is -0.129. The van der Waals surface area contributed by atoms with Crippen LogP contribution >= 0.6 is 0 Å². The first kappa shape index (κ1) is 17.9. The molecule has 0 saturated carbocycles. The largest absolute Gasteiger partial charge is 0.451 e. The van der Waals surface area contributed by atoms with E-state index in [0.717, 1.165) is 47.6 Å². The maximum atomic E-state index is 13.1. The Labute approximate surface area is 168 Å². The molecule has 8 nitrogen and oxygen atoms in total. The Morgan fingerprint density at radius 1 is 1.14 bits per heavy atom. The zero-order chi connectivity index (χ0) is 20.1. The van der Waals surface area contributed by atoms with Crippen molar-refractivity contribution in [2.45, 2.75) is 45.8 Å². The average Bonchev–Trinajstić information content (AvgIpc) is 3.44. The van der Waals surface area contributed by atoms with E-state index in [1.165, 1.54) is 0 Å². The molecule has 0 radical (unpaired) electrons. The van der Waals surface area contributed by atoms with E-state index in [1.54, 1.807) is 11.8 Å². The first-order chi connectivity index (χ1) is 14.0. The van der Waals surface area contributed by atoms with Crippen LogP contribution in [0.1, 0.15) is 53.6 Å². The number of hydrogen-bond donors (Lipinski definition) is 0. The second-order valence-corrected chi connectivity index (χ2v) is 7.78. The minimum Gasteiger partial charge on any atom is -0.451 e. The molecule has 2 aliphatic rings. The van der Waals surface area contributed by atoms with Gasteiger partial charge >= 0.3 is 0 Å². The van der Waals surface area contributed by atoms with Gasteiger partial charge in [-0.05, 0) is 25.8 Å². The Morgan fingerprint density at radius 3 is 2.76 bits per heavy atom. The quantitative estimate of drug-likeness (QED) is 0.668. The van der Waals surface area contributed by atoms with E-state index in [2.05, 4.69) is 14.8 Å². The lowest BCUT2D eigenvalue weighted by Gasteiger charge is -2.29. The topological polar surface area (TPSA) is 84.5 Å². The Kier molecular flexibility index (Phi) is 4.15. The van der Waals surface area contributed by atoms with Crippen LogP contribution < -0.4 is 0 Å². The van der Waals surface area contributed by atoms with E-state index >= 15 is 0 Å². The number of carbonyl (C=O) groups excluding carboxylic acids is 2. The van der Waals surface area contributed by atoms with Crippen LogP contribution in [0.15, 0.2) is 28.7 Å². The Morgan fingerprint density at radius 2 is 1.97 bits per heavy atom. The molecule has 5 rings (SSSR count). The van der Waals surface area contributed by atoms with Gasteiger partial charge in [-0.25, -0.2) is 0 Å². The first-order valence-electron chi connectivity index (χ1n) is 10.0. The van der Waals surface area contributed by atoms with Crippen molar-refractivity contribution in [1.29, 1.82) is 0 Å². The van der Waals surface area contributed by atoms with Crippen LogP contribution in [0.3, 0.4) is 0 Å². The standard InChI is InChI=1S/C21H23N5O3/c1-13-15-6-3-4-8-17(15)29-19(13)21(28)24-10-11-26-18(12-24)22-23-20(26)16-7-5-9-25(16)14(2)27/h3-4,6,8,16H,5,7,9-12H2,1-2H3/t16-/m0/s1. The SMILES string of the molecule is CC(=O)N1CCC[C@H]1c1nnc2n1CCN(C(=O)c1oc3ccccc3c1C)C2. The van der Waals surface area contributed by atoms with Crippen molar-refractivity contribution < 1.29 is 14.0 Å². The number of amides is 2. The summed E-state index contributed by atoms with van der Waals surface area (Å²) in [5.41, 5.74) is 1.59. The van der Waals surface area contributed by atoms with Gasteiger partial charge < -0.3 is 18.8 Å². The number of furan rings is 1. The number of rotatable bonds is 2. The monoisotopic (exact) mass is 393 g/mol. The molecule has 150 valence electrons. The summed E-state index contributed by atoms with van der Waals surface area (Å²) in [7, 11) is 0. The third-order valence-corrected chi connectivity index (χ3v) is 6.06. The molecule has 0 bridgehead atoms. The van der Waals surface area contributed by atoms with Gasteiger partial charge in [0.2, 0.25) is 5.91 Å². The second-order valence-electron chi connectivity index (χ2n) is 7.78. The molecule has 0 unspecified atom stereocenters. The molecule has 2 aromatic heterocycles. The van der Waals surface area contributed by atoms with Gasteiger partial charge in [-0.2, -0.15) is 0 Å². The molecule has 8 heteroatoms. The van der Waals surface area contributed by atoms with Gasteiger partial charge in [0, 0.05) is 37.5 Å². The smallest absolute Gasteiger partial charge is 0.290 e. The molecule has 1 saturated heterocycles. The van der Waals surface area contributed by atoms with Gasteiger partial charge in [-0.15, -0.1) is 10.2 Å². The van der Waals surface area contributed by atoms with Gasteiger partial charge in [-0.3, -0.25) is 9.59 Å². The summed E-state index contributed by atoms with van der Waals surface area (Å²) < 4.78 is 7.92. The molecule has 0 N–H and O–H groups in total. The summed E-state index contributed by atoms with van der Waals surface area (Å²) >= 11 is 0. The van der Waals surface area contributed by atoms with Crippen molar-refractivity contribution in [3.8, 4) is 0 Å².